The number of benzene rings is 1. The third-order valence-electron chi connectivity index (χ3n) is 4.63. The van der Waals surface area contributed by atoms with Crippen LogP contribution in [0.1, 0.15) is 28.5 Å². The number of alkyl halides is 3. The van der Waals surface area contributed by atoms with Gasteiger partial charge in [0.1, 0.15) is 23.1 Å². The highest BCUT2D eigenvalue weighted by molar-refractivity contribution is 6.33. The van der Waals surface area contributed by atoms with Gasteiger partial charge in [0.15, 0.2) is 11.3 Å². The average molecular weight is 472 g/mol. The predicted octanol–water partition coefficient (Wildman–Crippen LogP) is 5.05. The van der Waals surface area contributed by atoms with Crippen LogP contribution in [0.5, 0.6) is 5.75 Å². The van der Waals surface area contributed by atoms with E-state index in [1.807, 2.05) is 0 Å². The molecule has 1 atom stereocenters. The third kappa shape index (κ3) is 4.77. The van der Waals surface area contributed by atoms with Gasteiger partial charge >= 0.3 is 6.18 Å². The van der Waals surface area contributed by atoms with Crippen LogP contribution in [0.4, 0.5) is 29.1 Å². The number of carbonyl (C=O) groups excluding carboxylic acids is 1. The molecule has 4 N–H and O–H groups in total. The van der Waals surface area contributed by atoms with Crippen LogP contribution in [0.15, 0.2) is 24.3 Å². The monoisotopic (exact) mass is 471 g/mol. The summed E-state index contributed by atoms with van der Waals surface area (Å²) in [7, 11) is 0. The van der Waals surface area contributed by atoms with Gasteiger partial charge in [0.05, 0.1) is 17.0 Å². The number of hydrogen-bond acceptors (Lipinski definition) is 5. The Morgan fingerprint density at radius 2 is 1.97 bits per heavy atom. The van der Waals surface area contributed by atoms with Crippen molar-refractivity contribution in [2.75, 3.05) is 11.1 Å². The van der Waals surface area contributed by atoms with Crippen LogP contribution in [0.2, 0.25) is 5.15 Å². The lowest BCUT2D eigenvalue weighted by Gasteiger charge is -2.20. The zero-order chi connectivity index (χ0) is 23.8. The molecule has 0 radical (unpaired) electrons. The number of amides is 1. The Hall–Kier alpha value is -3.34. The Balaban J connectivity index is 2.09. The number of halogens is 5. The largest absolute Gasteiger partial charge is 0.480 e. The van der Waals surface area contributed by atoms with Crippen LogP contribution < -0.4 is 15.8 Å². The first-order valence-electron chi connectivity index (χ1n) is 9.20. The van der Waals surface area contributed by atoms with Crippen LogP contribution in [0.3, 0.4) is 0 Å². The SMILES string of the molecule is Cc1ccc(-c2cc(OC(C)C(F)(F)F)c(C(=O)Nc3c(Cl)n[nH]c3C)cc2F)nc1N. The van der Waals surface area contributed by atoms with E-state index in [1.165, 1.54) is 6.07 Å². The summed E-state index contributed by atoms with van der Waals surface area (Å²) in [4.78, 5) is 16.9. The number of pyridine rings is 1. The first kappa shape index (κ1) is 23.3. The first-order chi connectivity index (χ1) is 14.9. The highest BCUT2D eigenvalue weighted by Gasteiger charge is 2.39. The van der Waals surface area contributed by atoms with Crippen LogP contribution in [-0.2, 0) is 0 Å². The number of rotatable bonds is 5. The van der Waals surface area contributed by atoms with Crippen LogP contribution >= 0.6 is 11.6 Å². The molecule has 3 rings (SSSR count). The summed E-state index contributed by atoms with van der Waals surface area (Å²) >= 11 is 5.89. The molecule has 2 aromatic heterocycles. The van der Waals surface area contributed by atoms with Crippen molar-refractivity contribution in [3.63, 3.8) is 0 Å². The Morgan fingerprint density at radius 3 is 2.53 bits per heavy atom. The molecule has 0 spiro atoms. The van der Waals surface area contributed by atoms with E-state index in [4.69, 9.17) is 22.1 Å². The van der Waals surface area contributed by atoms with E-state index in [2.05, 4.69) is 20.5 Å². The maximum absolute atomic E-state index is 14.9. The molecule has 1 amide bonds. The number of nitrogens with zero attached hydrogens (tertiary/aromatic N) is 2. The van der Waals surface area contributed by atoms with Gasteiger partial charge in [-0.15, -0.1) is 0 Å². The van der Waals surface area contributed by atoms with Gasteiger partial charge in [-0.05, 0) is 44.5 Å². The van der Waals surface area contributed by atoms with Gasteiger partial charge in [-0.1, -0.05) is 17.7 Å². The fraction of sp³-hybridized carbons (Fsp3) is 0.250. The fourth-order valence-corrected chi connectivity index (χ4v) is 2.93. The number of nitrogen functional groups attached to an aromatic ring is 1. The highest BCUT2D eigenvalue weighted by atomic mass is 35.5. The minimum absolute atomic E-state index is 0.0655. The van der Waals surface area contributed by atoms with E-state index in [0.717, 1.165) is 19.1 Å². The van der Waals surface area contributed by atoms with Crippen LogP contribution in [0.25, 0.3) is 11.3 Å². The molecule has 0 aliphatic heterocycles. The maximum Gasteiger partial charge on any atom is 0.425 e. The van der Waals surface area contributed by atoms with E-state index in [9.17, 15) is 22.4 Å². The van der Waals surface area contributed by atoms with E-state index in [1.54, 1.807) is 19.9 Å². The highest BCUT2D eigenvalue weighted by Crippen LogP contribution is 2.34. The number of aryl methyl sites for hydroxylation is 2. The molecule has 2 heterocycles. The quantitative estimate of drug-likeness (QED) is 0.452. The average Bonchev–Trinajstić information content (AvgIpc) is 3.02. The Labute approximate surface area is 184 Å². The van der Waals surface area contributed by atoms with Gasteiger partial charge in [0, 0.05) is 5.56 Å². The number of nitrogens with one attached hydrogen (secondary N) is 2. The second-order valence-corrected chi connectivity index (χ2v) is 7.36. The molecule has 0 aliphatic rings. The summed E-state index contributed by atoms with van der Waals surface area (Å²) in [5.74, 6) is -2.22. The van der Waals surface area contributed by atoms with Gasteiger partial charge < -0.3 is 15.8 Å². The molecule has 0 saturated heterocycles. The van der Waals surface area contributed by atoms with Crippen molar-refractivity contribution in [1.82, 2.24) is 15.2 Å². The molecule has 0 saturated carbocycles. The normalized spacial score (nSPS) is 12.5. The zero-order valence-electron chi connectivity index (χ0n) is 17.1. The van der Waals surface area contributed by atoms with Gasteiger partial charge in [-0.2, -0.15) is 18.3 Å². The first-order valence-corrected chi connectivity index (χ1v) is 9.58. The molecular weight excluding hydrogens is 454 g/mol. The van der Waals surface area contributed by atoms with Crippen LogP contribution in [0, 0.1) is 19.7 Å². The van der Waals surface area contributed by atoms with Gasteiger partial charge in [0.2, 0.25) is 0 Å². The number of carbonyl (C=O) groups is 1. The van der Waals surface area contributed by atoms with Gasteiger partial charge in [-0.3, -0.25) is 9.89 Å². The molecule has 170 valence electrons. The molecule has 1 unspecified atom stereocenters. The summed E-state index contributed by atoms with van der Waals surface area (Å²) < 4.78 is 59.3. The zero-order valence-corrected chi connectivity index (χ0v) is 17.8. The summed E-state index contributed by atoms with van der Waals surface area (Å²) in [6.07, 6.45) is -7.00. The molecule has 7 nitrogen and oxygen atoms in total. The lowest BCUT2D eigenvalue weighted by molar-refractivity contribution is -0.189. The van der Waals surface area contributed by atoms with Crippen LogP contribution in [-0.4, -0.2) is 33.4 Å². The van der Waals surface area contributed by atoms with E-state index in [0.29, 0.717) is 11.3 Å². The van der Waals surface area contributed by atoms with Crippen molar-refractivity contribution in [2.24, 2.45) is 0 Å². The van der Waals surface area contributed by atoms with E-state index < -0.39 is 35.3 Å². The number of aromatic nitrogens is 3. The fourth-order valence-electron chi connectivity index (χ4n) is 2.70. The number of hydrogen-bond donors (Lipinski definition) is 3. The number of ether oxygens (including phenoxy) is 1. The van der Waals surface area contributed by atoms with Gasteiger partial charge in [0.25, 0.3) is 5.91 Å². The molecule has 1 aromatic carbocycles. The second-order valence-electron chi connectivity index (χ2n) is 7.00. The lowest BCUT2D eigenvalue weighted by atomic mass is 10.0. The molecular formula is C20H18ClF4N5O2. The van der Waals surface area contributed by atoms with Crippen molar-refractivity contribution >= 4 is 29.0 Å². The van der Waals surface area contributed by atoms with Gasteiger partial charge in [-0.25, -0.2) is 9.37 Å². The number of aromatic amines is 1. The summed E-state index contributed by atoms with van der Waals surface area (Å²) in [6.45, 7) is 4.02. The molecule has 0 fully saturated rings. The standard InChI is InChI=1S/C20H18ClF4N5O2/c1-8-4-5-14(27-18(8)26)11-7-15(32-10(3)20(23,24)25)12(6-13(11)22)19(31)28-16-9(2)29-30-17(16)21/h4-7,10H,1-3H3,(H2,26,27)(H,28,31)(H,29,30). The number of anilines is 2. The van der Waals surface area contributed by atoms with Crippen molar-refractivity contribution in [3.8, 4) is 17.0 Å². The van der Waals surface area contributed by atoms with E-state index >= 15 is 0 Å². The Morgan fingerprint density at radius 1 is 1.28 bits per heavy atom. The molecule has 0 aliphatic carbocycles. The number of nitrogens with two attached hydrogens (primary N) is 1. The van der Waals surface area contributed by atoms with Crippen molar-refractivity contribution in [2.45, 2.75) is 33.1 Å². The number of H-pyrrole nitrogens is 1. The Kier molecular flexibility index (Phi) is 6.31. The topological polar surface area (TPSA) is 106 Å². The Bertz CT molecular complexity index is 1160. The van der Waals surface area contributed by atoms with Crippen molar-refractivity contribution in [1.29, 1.82) is 0 Å². The minimum atomic E-state index is -4.72. The molecule has 0 bridgehead atoms. The summed E-state index contributed by atoms with van der Waals surface area (Å²) in [5, 5.41) is 8.58. The van der Waals surface area contributed by atoms with Crippen molar-refractivity contribution < 1.29 is 27.1 Å². The maximum atomic E-state index is 14.9. The molecule has 12 heteroatoms. The third-order valence-corrected chi connectivity index (χ3v) is 4.91. The molecule has 32 heavy (non-hydrogen) atoms. The van der Waals surface area contributed by atoms with E-state index in [-0.39, 0.29) is 27.9 Å². The minimum Gasteiger partial charge on any atom is -0.480 e. The molecule has 3 aromatic rings. The van der Waals surface area contributed by atoms with Crippen molar-refractivity contribution in [3.05, 3.63) is 52.1 Å². The predicted molar refractivity (Wildman–Crippen MR) is 111 cm³/mol. The smallest absolute Gasteiger partial charge is 0.425 e. The second kappa shape index (κ2) is 8.65. The summed E-state index contributed by atoms with van der Waals surface area (Å²) in [6, 6.07) is 4.78. The lowest BCUT2D eigenvalue weighted by Crippen LogP contribution is -2.32. The summed E-state index contributed by atoms with van der Waals surface area (Å²) in [5.41, 5.74) is 6.31.